The molecule has 0 unspecified atom stereocenters. The van der Waals surface area contributed by atoms with Gasteiger partial charge in [-0.05, 0) is 17.0 Å². The molecule has 0 aliphatic carbocycles. The third-order valence-electron chi connectivity index (χ3n) is 2.99. The van der Waals surface area contributed by atoms with E-state index >= 15 is 0 Å². The van der Waals surface area contributed by atoms with Crippen LogP contribution in [0.4, 0.5) is 4.79 Å². The number of ether oxygens (including phenoxy) is 1. The van der Waals surface area contributed by atoms with E-state index in [1.807, 2.05) is 41.8 Å². The van der Waals surface area contributed by atoms with Crippen LogP contribution in [-0.4, -0.2) is 30.4 Å². The van der Waals surface area contributed by atoms with E-state index in [0.29, 0.717) is 13.0 Å². The molecule has 0 saturated carbocycles. The smallest absolute Gasteiger partial charge is 0.409 e. The summed E-state index contributed by atoms with van der Waals surface area (Å²) in [5, 5.41) is 1.87. The molecule has 4 nitrogen and oxygen atoms in total. The van der Waals surface area contributed by atoms with Crippen molar-refractivity contribution in [1.29, 1.82) is 0 Å². The van der Waals surface area contributed by atoms with Crippen molar-refractivity contribution in [2.24, 2.45) is 0 Å². The van der Waals surface area contributed by atoms with Gasteiger partial charge in [0.15, 0.2) is 5.78 Å². The van der Waals surface area contributed by atoms with Crippen LogP contribution >= 0.6 is 11.3 Å². The molecule has 21 heavy (non-hydrogen) atoms. The minimum Gasteiger partial charge on any atom is -0.445 e. The minimum atomic E-state index is -0.419. The number of carbonyl (C=O) groups excluding carboxylic acids is 2. The van der Waals surface area contributed by atoms with E-state index in [9.17, 15) is 9.59 Å². The largest absolute Gasteiger partial charge is 0.445 e. The minimum absolute atomic E-state index is 0.0488. The molecule has 0 saturated heterocycles. The monoisotopic (exact) mass is 303 g/mol. The van der Waals surface area contributed by atoms with Crippen LogP contribution in [0.1, 0.15) is 21.7 Å². The zero-order chi connectivity index (χ0) is 15.1. The number of amides is 1. The van der Waals surface area contributed by atoms with Gasteiger partial charge >= 0.3 is 6.09 Å². The fraction of sp³-hybridized carbons (Fsp3) is 0.250. The average Bonchev–Trinajstić information content (AvgIpc) is 3.05. The van der Waals surface area contributed by atoms with Crippen LogP contribution in [0.3, 0.4) is 0 Å². The van der Waals surface area contributed by atoms with E-state index in [-0.39, 0.29) is 12.4 Å². The maximum atomic E-state index is 11.8. The first kappa shape index (κ1) is 15.3. The van der Waals surface area contributed by atoms with Crippen LogP contribution in [0.25, 0.3) is 0 Å². The Balaban J connectivity index is 1.74. The van der Waals surface area contributed by atoms with Crippen molar-refractivity contribution in [2.75, 3.05) is 13.6 Å². The lowest BCUT2D eigenvalue weighted by Gasteiger charge is -2.16. The number of hydrogen-bond donors (Lipinski definition) is 0. The summed E-state index contributed by atoms with van der Waals surface area (Å²) in [7, 11) is 1.63. The first-order chi connectivity index (χ1) is 10.2. The first-order valence-corrected chi connectivity index (χ1v) is 7.53. The Morgan fingerprint density at radius 2 is 1.90 bits per heavy atom. The molecule has 0 spiro atoms. The van der Waals surface area contributed by atoms with Crippen LogP contribution in [0.5, 0.6) is 0 Å². The zero-order valence-corrected chi connectivity index (χ0v) is 12.6. The average molecular weight is 303 g/mol. The summed E-state index contributed by atoms with van der Waals surface area (Å²) >= 11 is 1.41. The molecular weight excluding hydrogens is 286 g/mol. The van der Waals surface area contributed by atoms with E-state index in [1.165, 1.54) is 16.2 Å². The molecule has 1 heterocycles. The number of nitrogens with zero attached hydrogens (tertiary/aromatic N) is 1. The second-order valence-electron chi connectivity index (χ2n) is 4.61. The molecule has 0 bridgehead atoms. The molecule has 0 N–H and O–H groups in total. The maximum absolute atomic E-state index is 11.8. The zero-order valence-electron chi connectivity index (χ0n) is 11.8. The highest BCUT2D eigenvalue weighted by atomic mass is 32.1. The van der Waals surface area contributed by atoms with E-state index < -0.39 is 6.09 Å². The molecule has 2 rings (SSSR count). The van der Waals surface area contributed by atoms with Crippen molar-refractivity contribution in [2.45, 2.75) is 13.0 Å². The summed E-state index contributed by atoms with van der Waals surface area (Å²) in [6.07, 6.45) is -0.116. The molecule has 1 aromatic carbocycles. The molecule has 0 aliphatic heterocycles. The number of benzene rings is 1. The summed E-state index contributed by atoms with van der Waals surface area (Å²) in [5.74, 6) is 0.0488. The highest BCUT2D eigenvalue weighted by Gasteiger charge is 2.13. The van der Waals surface area contributed by atoms with Gasteiger partial charge in [0.25, 0.3) is 0 Å². The Kier molecular flexibility index (Phi) is 5.51. The summed E-state index contributed by atoms with van der Waals surface area (Å²) in [4.78, 5) is 25.8. The molecule has 1 aromatic heterocycles. The van der Waals surface area contributed by atoms with Gasteiger partial charge in [0, 0.05) is 20.0 Å². The van der Waals surface area contributed by atoms with Gasteiger partial charge in [0.05, 0.1) is 4.88 Å². The molecule has 110 valence electrons. The summed E-state index contributed by atoms with van der Waals surface area (Å²) in [5.41, 5.74) is 0.939. The summed E-state index contributed by atoms with van der Waals surface area (Å²) in [6.45, 7) is 0.591. The Morgan fingerprint density at radius 1 is 1.14 bits per heavy atom. The van der Waals surface area contributed by atoms with E-state index in [0.717, 1.165) is 10.4 Å². The molecule has 0 aliphatic rings. The van der Waals surface area contributed by atoms with Crippen molar-refractivity contribution in [3.8, 4) is 0 Å². The van der Waals surface area contributed by atoms with Crippen LogP contribution in [0, 0.1) is 0 Å². The Morgan fingerprint density at radius 3 is 2.57 bits per heavy atom. The fourth-order valence-electron chi connectivity index (χ4n) is 1.75. The second kappa shape index (κ2) is 7.59. The number of Topliss-reactive ketones (excluding diaryl/α,β-unsaturated/α-hetero) is 1. The normalized spacial score (nSPS) is 10.1. The van der Waals surface area contributed by atoms with Gasteiger partial charge in [-0.1, -0.05) is 36.4 Å². The van der Waals surface area contributed by atoms with Crippen LogP contribution in [-0.2, 0) is 11.3 Å². The second-order valence-corrected chi connectivity index (χ2v) is 5.56. The summed E-state index contributed by atoms with van der Waals surface area (Å²) in [6, 6.07) is 13.1. The Bertz CT molecular complexity index is 581. The van der Waals surface area contributed by atoms with Crippen LogP contribution in [0.2, 0.25) is 0 Å². The third-order valence-corrected chi connectivity index (χ3v) is 3.90. The Hall–Kier alpha value is -2.14. The lowest BCUT2D eigenvalue weighted by atomic mass is 10.2. The molecular formula is C16H17NO3S. The molecule has 0 fully saturated rings. The molecule has 0 radical (unpaired) electrons. The molecule has 5 heteroatoms. The van der Waals surface area contributed by atoms with Crippen molar-refractivity contribution in [1.82, 2.24) is 4.90 Å². The standard InChI is InChI=1S/C16H17NO3S/c1-17(10-9-14(18)15-8-5-11-21-15)16(19)20-12-13-6-3-2-4-7-13/h2-8,11H,9-10,12H2,1H3. The SMILES string of the molecule is CN(CCC(=O)c1cccs1)C(=O)OCc1ccccc1. The first-order valence-electron chi connectivity index (χ1n) is 6.65. The number of ketones is 1. The van der Waals surface area contributed by atoms with E-state index in [4.69, 9.17) is 4.74 Å². The van der Waals surface area contributed by atoms with E-state index in [2.05, 4.69) is 0 Å². The number of carbonyl (C=O) groups is 2. The lowest BCUT2D eigenvalue weighted by molar-refractivity contribution is 0.0928. The van der Waals surface area contributed by atoms with Crippen LogP contribution < -0.4 is 0 Å². The Labute approximate surface area is 128 Å². The quantitative estimate of drug-likeness (QED) is 0.766. The summed E-state index contributed by atoms with van der Waals surface area (Å²) < 4.78 is 5.19. The number of hydrogen-bond acceptors (Lipinski definition) is 4. The predicted octanol–water partition coefficient (Wildman–Crippen LogP) is 3.59. The van der Waals surface area contributed by atoms with Gasteiger partial charge < -0.3 is 9.64 Å². The fourth-order valence-corrected chi connectivity index (χ4v) is 2.44. The van der Waals surface area contributed by atoms with Crippen molar-refractivity contribution in [3.63, 3.8) is 0 Å². The number of thiophene rings is 1. The molecule has 2 aromatic rings. The van der Waals surface area contributed by atoms with Gasteiger partial charge in [0.2, 0.25) is 0 Å². The van der Waals surface area contributed by atoms with Gasteiger partial charge in [-0.3, -0.25) is 4.79 Å². The predicted molar refractivity (Wildman–Crippen MR) is 82.5 cm³/mol. The van der Waals surface area contributed by atoms with Gasteiger partial charge in [-0.25, -0.2) is 4.79 Å². The maximum Gasteiger partial charge on any atom is 0.409 e. The van der Waals surface area contributed by atoms with Gasteiger partial charge in [0.1, 0.15) is 6.61 Å². The third kappa shape index (κ3) is 4.72. The van der Waals surface area contributed by atoms with Crippen molar-refractivity contribution >= 4 is 23.2 Å². The highest BCUT2D eigenvalue weighted by Crippen LogP contribution is 2.11. The van der Waals surface area contributed by atoms with Crippen molar-refractivity contribution < 1.29 is 14.3 Å². The lowest BCUT2D eigenvalue weighted by Crippen LogP contribution is -2.29. The van der Waals surface area contributed by atoms with E-state index in [1.54, 1.807) is 13.1 Å². The van der Waals surface area contributed by atoms with Crippen LogP contribution in [0.15, 0.2) is 47.8 Å². The van der Waals surface area contributed by atoms with Gasteiger partial charge in [-0.15, -0.1) is 11.3 Å². The molecule has 1 amide bonds. The number of rotatable bonds is 6. The van der Waals surface area contributed by atoms with Crippen molar-refractivity contribution in [3.05, 3.63) is 58.3 Å². The topological polar surface area (TPSA) is 46.6 Å². The highest BCUT2D eigenvalue weighted by molar-refractivity contribution is 7.12. The molecule has 0 atom stereocenters. The van der Waals surface area contributed by atoms with Gasteiger partial charge in [-0.2, -0.15) is 0 Å².